The number of aromatic nitrogens is 2. The van der Waals surface area contributed by atoms with Crippen LogP contribution in [0.2, 0.25) is 0 Å². The maximum atomic E-state index is 13.6. The maximum Gasteiger partial charge on any atom is 0.255 e. The van der Waals surface area contributed by atoms with E-state index < -0.39 is 0 Å². The van der Waals surface area contributed by atoms with Crippen molar-refractivity contribution in [3.63, 3.8) is 0 Å². The van der Waals surface area contributed by atoms with E-state index >= 15 is 0 Å². The minimum absolute atomic E-state index is 0.00977. The molecule has 27 heavy (non-hydrogen) atoms. The second kappa shape index (κ2) is 7.13. The zero-order valence-corrected chi connectivity index (χ0v) is 17.8. The number of aryl methyl sites for hydroxylation is 1. The molecule has 2 heterocycles. The van der Waals surface area contributed by atoms with Crippen LogP contribution in [0.3, 0.4) is 0 Å². The van der Waals surface area contributed by atoms with E-state index in [1.54, 1.807) is 18.5 Å². The molecule has 4 rings (SSSR count). The lowest BCUT2D eigenvalue weighted by atomic mass is 9.75. The summed E-state index contributed by atoms with van der Waals surface area (Å²) in [7, 11) is 0. The van der Waals surface area contributed by atoms with Crippen LogP contribution in [0.25, 0.3) is 11.4 Å². The third-order valence-electron chi connectivity index (χ3n) is 6.16. The molecule has 142 valence electrons. The number of halogens is 1. The van der Waals surface area contributed by atoms with Gasteiger partial charge in [-0.05, 0) is 38.3 Å². The Hall–Kier alpha value is -1.54. The summed E-state index contributed by atoms with van der Waals surface area (Å²) in [4.78, 5) is 24.4. The van der Waals surface area contributed by atoms with Gasteiger partial charge in [-0.2, -0.15) is 0 Å². The summed E-state index contributed by atoms with van der Waals surface area (Å²) in [6, 6.07) is 8.02. The van der Waals surface area contributed by atoms with Crippen LogP contribution in [0, 0.1) is 12.8 Å². The summed E-state index contributed by atoms with van der Waals surface area (Å²) < 4.78 is -0.00977. The largest absolute Gasteiger partial charge is 0.396 e. The van der Waals surface area contributed by atoms with Gasteiger partial charge in [0.05, 0.1) is 8.99 Å². The Bertz CT molecular complexity index is 860. The number of aliphatic hydroxyl groups is 1. The first-order chi connectivity index (χ1) is 13.0. The molecule has 1 saturated carbocycles. The molecule has 1 aliphatic heterocycles. The van der Waals surface area contributed by atoms with Crippen LogP contribution < -0.4 is 0 Å². The SMILES string of the molecule is CCC1N(C(=O)c2cc(C)ccc2-c2ncccn2)C2CCC(CO)C12I. The zero-order chi connectivity index (χ0) is 19.2. The number of nitrogens with zero attached hydrogens (tertiary/aromatic N) is 3. The smallest absolute Gasteiger partial charge is 0.255 e. The number of likely N-dealkylation sites (tertiary alicyclic amines) is 1. The van der Waals surface area contributed by atoms with Gasteiger partial charge in [0.25, 0.3) is 5.91 Å². The summed E-state index contributed by atoms with van der Waals surface area (Å²) in [5, 5.41) is 9.81. The number of hydrogen-bond acceptors (Lipinski definition) is 4. The van der Waals surface area contributed by atoms with E-state index in [-0.39, 0.29) is 33.9 Å². The molecule has 4 atom stereocenters. The molecule has 1 aromatic heterocycles. The van der Waals surface area contributed by atoms with E-state index in [1.165, 1.54) is 0 Å². The fourth-order valence-corrected chi connectivity index (χ4v) is 6.76. The van der Waals surface area contributed by atoms with Crippen LogP contribution in [0.4, 0.5) is 0 Å². The molecule has 6 heteroatoms. The van der Waals surface area contributed by atoms with Crippen molar-refractivity contribution >= 4 is 28.5 Å². The second-order valence-electron chi connectivity index (χ2n) is 7.56. The highest BCUT2D eigenvalue weighted by molar-refractivity contribution is 14.1. The predicted molar refractivity (Wildman–Crippen MR) is 113 cm³/mol. The predicted octanol–water partition coefficient (Wildman–Crippen LogP) is 3.63. The third-order valence-corrected chi connectivity index (χ3v) is 8.48. The first-order valence-electron chi connectivity index (χ1n) is 9.52. The molecule has 1 aromatic carbocycles. The van der Waals surface area contributed by atoms with Gasteiger partial charge in [-0.1, -0.05) is 47.2 Å². The fourth-order valence-electron chi connectivity index (χ4n) is 4.90. The van der Waals surface area contributed by atoms with Crippen LogP contribution >= 0.6 is 22.6 Å². The average molecular weight is 477 g/mol. The Morgan fingerprint density at radius 2 is 2.07 bits per heavy atom. The number of rotatable bonds is 4. The summed E-state index contributed by atoms with van der Waals surface area (Å²) in [5.74, 6) is 0.908. The lowest BCUT2D eigenvalue weighted by Crippen LogP contribution is -2.74. The minimum atomic E-state index is -0.00977. The molecule has 1 saturated heterocycles. The van der Waals surface area contributed by atoms with Crippen molar-refractivity contribution in [2.24, 2.45) is 5.92 Å². The third kappa shape index (κ3) is 2.79. The Morgan fingerprint density at radius 3 is 2.74 bits per heavy atom. The van der Waals surface area contributed by atoms with Crippen molar-refractivity contribution in [3.05, 3.63) is 47.8 Å². The zero-order valence-electron chi connectivity index (χ0n) is 15.6. The van der Waals surface area contributed by atoms with Crippen molar-refractivity contribution in [1.82, 2.24) is 14.9 Å². The van der Waals surface area contributed by atoms with Gasteiger partial charge >= 0.3 is 0 Å². The van der Waals surface area contributed by atoms with Gasteiger partial charge in [-0.15, -0.1) is 0 Å². The number of aliphatic hydroxyl groups excluding tert-OH is 1. The normalized spacial score (nSPS) is 29.3. The first-order valence-corrected chi connectivity index (χ1v) is 10.6. The molecule has 5 nitrogen and oxygen atoms in total. The minimum Gasteiger partial charge on any atom is -0.396 e. The number of fused-ring (bicyclic) bond motifs is 1. The van der Waals surface area contributed by atoms with Crippen LogP contribution in [0.1, 0.15) is 42.1 Å². The molecule has 2 aromatic rings. The number of alkyl halides is 1. The fraction of sp³-hybridized carbons (Fsp3) is 0.476. The van der Waals surface area contributed by atoms with Gasteiger partial charge in [0.15, 0.2) is 5.82 Å². The van der Waals surface area contributed by atoms with Gasteiger partial charge in [0, 0.05) is 42.6 Å². The van der Waals surface area contributed by atoms with Crippen LogP contribution in [0.15, 0.2) is 36.7 Å². The Kier molecular flexibility index (Phi) is 4.96. The molecule has 2 fully saturated rings. The van der Waals surface area contributed by atoms with Crippen molar-refractivity contribution in [2.45, 2.75) is 48.6 Å². The van der Waals surface area contributed by atoms with Crippen molar-refractivity contribution < 1.29 is 9.90 Å². The summed E-state index contributed by atoms with van der Waals surface area (Å²) in [6.45, 7) is 4.33. The van der Waals surface area contributed by atoms with Gasteiger partial charge in [-0.3, -0.25) is 4.79 Å². The van der Waals surface area contributed by atoms with Gasteiger partial charge in [0.2, 0.25) is 0 Å². The van der Waals surface area contributed by atoms with Crippen molar-refractivity contribution in [1.29, 1.82) is 0 Å². The van der Waals surface area contributed by atoms with E-state index in [9.17, 15) is 9.90 Å². The highest BCUT2D eigenvalue weighted by Gasteiger charge is 2.66. The van der Waals surface area contributed by atoms with E-state index in [2.05, 4.69) is 44.4 Å². The van der Waals surface area contributed by atoms with Gasteiger partial charge in [0.1, 0.15) is 0 Å². The quantitative estimate of drug-likeness (QED) is 0.540. The molecule has 1 aliphatic carbocycles. The standard InChI is InChI=1S/C21H24IN3O2/c1-3-17-21(22)14(12-26)6-8-18(21)25(17)20(27)16-11-13(2)5-7-15(16)19-23-9-4-10-24-19/h4-5,7,9-11,14,17-18,26H,3,6,8,12H2,1-2H3. The monoisotopic (exact) mass is 477 g/mol. The van der Waals surface area contributed by atoms with Crippen molar-refractivity contribution in [2.75, 3.05) is 6.61 Å². The number of amides is 1. The van der Waals surface area contributed by atoms with E-state index in [1.807, 2.05) is 25.1 Å². The molecule has 2 aliphatic rings. The lowest BCUT2D eigenvalue weighted by Gasteiger charge is -2.60. The van der Waals surface area contributed by atoms with E-state index in [0.717, 1.165) is 30.4 Å². The molecule has 1 N–H and O–H groups in total. The Balaban J connectivity index is 1.73. The number of carbonyl (C=O) groups is 1. The number of carbonyl (C=O) groups excluding carboxylic acids is 1. The van der Waals surface area contributed by atoms with Crippen LogP contribution in [-0.4, -0.2) is 48.0 Å². The summed E-state index contributed by atoms with van der Waals surface area (Å²) >= 11 is 2.52. The topological polar surface area (TPSA) is 66.3 Å². The highest BCUT2D eigenvalue weighted by atomic mass is 127. The molecule has 0 bridgehead atoms. The van der Waals surface area contributed by atoms with Crippen LogP contribution in [0.5, 0.6) is 0 Å². The summed E-state index contributed by atoms with van der Waals surface area (Å²) in [5.41, 5.74) is 2.50. The summed E-state index contributed by atoms with van der Waals surface area (Å²) in [6.07, 6.45) is 6.23. The Morgan fingerprint density at radius 1 is 1.33 bits per heavy atom. The molecule has 0 spiro atoms. The Labute approximate surface area is 173 Å². The second-order valence-corrected chi connectivity index (χ2v) is 9.43. The van der Waals surface area contributed by atoms with Crippen molar-refractivity contribution in [3.8, 4) is 11.4 Å². The molecular formula is C21H24IN3O2. The maximum absolute atomic E-state index is 13.6. The number of benzene rings is 1. The van der Waals surface area contributed by atoms with E-state index in [0.29, 0.717) is 11.4 Å². The lowest BCUT2D eigenvalue weighted by molar-refractivity contribution is -0.0138. The van der Waals surface area contributed by atoms with Gasteiger partial charge < -0.3 is 10.0 Å². The number of hydrogen-bond donors (Lipinski definition) is 1. The molecular weight excluding hydrogens is 453 g/mol. The molecule has 4 unspecified atom stereocenters. The first kappa shape index (κ1) is 18.8. The average Bonchev–Trinajstić information content (AvgIpc) is 2.96. The molecule has 1 amide bonds. The van der Waals surface area contributed by atoms with Crippen LogP contribution in [-0.2, 0) is 0 Å². The van der Waals surface area contributed by atoms with Gasteiger partial charge in [-0.25, -0.2) is 9.97 Å². The van der Waals surface area contributed by atoms with E-state index in [4.69, 9.17) is 0 Å². The molecule has 0 radical (unpaired) electrons. The highest BCUT2D eigenvalue weighted by Crippen LogP contribution is 2.58.